The van der Waals surface area contributed by atoms with E-state index in [4.69, 9.17) is 14.2 Å². The highest BCUT2D eigenvalue weighted by Gasteiger charge is 2.26. The number of halogens is 1. The summed E-state index contributed by atoms with van der Waals surface area (Å²) in [6, 6.07) is 4.99. The van der Waals surface area contributed by atoms with Crippen molar-refractivity contribution in [1.82, 2.24) is 4.90 Å². The molecule has 1 aromatic carbocycles. The number of methoxy groups -OCH3 is 1. The molecule has 0 unspecified atom stereocenters. The van der Waals surface area contributed by atoms with Gasteiger partial charge in [0.05, 0.1) is 24.9 Å². The predicted octanol–water partition coefficient (Wildman–Crippen LogP) is 2.25. The Morgan fingerprint density at radius 3 is 2.57 bits per heavy atom. The number of morpholine rings is 1. The van der Waals surface area contributed by atoms with Crippen LogP contribution in [0.15, 0.2) is 22.7 Å². The Hall–Kier alpha value is -1.60. The molecule has 126 valence electrons. The molecule has 0 aliphatic carbocycles. The number of amides is 1. The molecular weight excluding hydrogens is 366 g/mol. The zero-order valence-electron chi connectivity index (χ0n) is 13.4. The first-order valence-electron chi connectivity index (χ1n) is 7.34. The van der Waals surface area contributed by atoms with E-state index in [0.717, 1.165) is 0 Å². The zero-order chi connectivity index (χ0) is 17.0. The summed E-state index contributed by atoms with van der Waals surface area (Å²) in [6.07, 6.45) is -0.0446. The van der Waals surface area contributed by atoms with E-state index in [2.05, 4.69) is 15.9 Å². The Labute approximate surface area is 143 Å². The van der Waals surface area contributed by atoms with Gasteiger partial charge in [0.25, 0.3) is 5.91 Å². The molecule has 0 radical (unpaired) electrons. The lowest BCUT2D eigenvalue weighted by Gasteiger charge is -2.35. The van der Waals surface area contributed by atoms with Crippen molar-refractivity contribution in [2.75, 3.05) is 26.8 Å². The molecule has 2 rings (SSSR count). The van der Waals surface area contributed by atoms with Crippen molar-refractivity contribution < 1.29 is 23.8 Å². The van der Waals surface area contributed by atoms with Crippen molar-refractivity contribution >= 4 is 27.8 Å². The Bertz CT molecular complexity index is 582. The second kappa shape index (κ2) is 7.79. The minimum atomic E-state index is -0.571. The highest BCUT2D eigenvalue weighted by Crippen LogP contribution is 2.23. The summed E-state index contributed by atoms with van der Waals surface area (Å²) in [5.41, 5.74) is 0.320. The number of benzene rings is 1. The lowest BCUT2D eigenvalue weighted by molar-refractivity contribution is -0.146. The lowest BCUT2D eigenvalue weighted by Crippen LogP contribution is -2.49. The van der Waals surface area contributed by atoms with E-state index in [1.807, 2.05) is 13.8 Å². The minimum absolute atomic E-state index is 0.0223. The Morgan fingerprint density at radius 1 is 1.30 bits per heavy atom. The molecule has 0 saturated carbocycles. The molecule has 0 N–H and O–H groups in total. The first-order chi connectivity index (χ1) is 10.9. The first-order valence-corrected chi connectivity index (χ1v) is 8.14. The summed E-state index contributed by atoms with van der Waals surface area (Å²) in [6.45, 7) is 4.54. The molecule has 1 aliphatic heterocycles. The lowest BCUT2D eigenvalue weighted by atomic mass is 10.2. The van der Waals surface area contributed by atoms with E-state index in [0.29, 0.717) is 28.9 Å². The average Bonchev–Trinajstić information content (AvgIpc) is 2.51. The van der Waals surface area contributed by atoms with E-state index in [1.54, 1.807) is 23.1 Å². The van der Waals surface area contributed by atoms with Gasteiger partial charge >= 0.3 is 5.97 Å². The summed E-state index contributed by atoms with van der Waals surface area (Å²) < 4.78 is 16.4. The smallest absolute Gasteiger partial charge is 0.339 e. The normalized spacial score (nSPS) is 21.0. The molecule has 0 spiro atoms. The molecule has 7 heteroatoms. The van der Waals surface area contributed by atoms with Crippen LogP contribution < -0.4 is 4.74 Å². The fraction of sp³-hybridized carbons (Fsp3) is 0.500. The van der Waals surface area contributed by atoms with Gasteiger partial charge < -0.3 is 19.1 Å². The topological polar surface area (TPSA) is 65.1 Å². The van der Waals surface area contributed by atoms with Gasteiger partial charge in [-0.2, -0.15) is 0 Å². The van der Waals surface area contributed by atoms with Crippen LogP contribution in [0.2, 0.25) is 0 Å². The van der Waals surface area contributed by atoms with Crippen LogP contribution in [0.3, 0.4) is 0 Å². The van der Waals surface area contributed by atoms with Crippen molar-refractivity contribution in [3.8, 4) is 5.75 Å². The van der Waals surface area contributed by atoms with Crippen LogP contribution in [-0.2, 0) is 14.3 Å². The van der Waals surface area contributed by atoms with Gasteiger partial charge in [0.15, 0.2) is 6.61 Å². The third kappa shape index (κ3) is 4.68. The zero-order valence-corrected chi connectivity index (χ0v) is 15.0. The number of hydrogen-bond donors (Lipinski definition) is 0. The molecular formula is C16H20BrNO5. The summed E-state index contributed by atoms with van der Waals surface area (Å²) >= 11 is 3.29. The number of hydrogen-bond acceptors (Lipinski definition) is 5. The van der Waals surface area contributed by atoms with Gasteiger partial charge in [0.1, 0.15) is 5.75 Å². The molecule has 23 heavy (non-hydrogen) atoms. The number of nitrogens with zero attached hydrogens (tertiary/aromatic N) is 1. The highest BCUT2D eigenvalue weighted by atomic mass is 79.9. The number of carbonyl (C=O) groups is 2. The van der Waals surface area contributed by atoms with Crippen LogP contribution in [0.5, 0.6) is 5.75 Å². The molecule has 1 amide bonds. The first kappa shape index (κ1) is 17.7. The number of ether oxygens (including phenoxy) is 3. The molecule has 2 atom stereocenters. The summed E-state index contributed by atoms with van der Waals surface area (Å²) in [4.78, 5) is 26.0. The molecule has 1 aromatic rings. The molecule has 1 aliphatic rings. The SMILES string of the molecule is COc1ccc(Br)c(C(=O)OCC(=O)N2C[C@H](C)O[C@@H](C)C2)c1. The van der Waals surface area contributed by atoms with E-state index < -0.39 is 5.97 Å². The maximum Gasteiger partial charge on any atom is 0.339 e. The van der Waals surface area contributed by atoms with E-state index in [-0.39, 0.29) is 24.7 Å². The van der Waals surface area contributed by atoms with Crippen LogP contribution in [0.1, 0.15) is 24.2 Å². The highest BCUT2D eigenvalue weighted by molar-refractivity contribution is 9.10. The number of rotatable bonds is 4. The maximum atomic E-state index is 12.2. The van der Waals surface area contributed by atoms with Crippen molar-refractivity contribution in [2.45, 2.75) is 26.1 Å². The summed E-state index contributed by atoms with van der Waals surface area (Å²) in [5.74, 6) is -0.250. The number of esters is 1. The maximum absolute atomic E-state index is 12.2. The second-order valence-electron chi connectivity index (χ2n) is 5.48. The molecule has 1 heterocycles. The second-order valence-corrected chi connectivity index (χ2v) is 6.33. The van der Waals surface area contributed by atoms with E-state index in [1.165, 1.54) is 7.11 Å². The van der Waals surface area contributed by atoms with Gasteiger partial charge in [-0.1, -0.05) is 0 Å². The van der Waals surface area contributed by atoms with E-state index >= 15 is 0 Å². The van der Waals surface area contributed by atoms with Gasteiger partial charge in [0, 0.05) is 17.6 Å². The van der Waals surface area contributed by atoms with Gasteiger partial charge in [0.2, 0.25) is 0 Å². The van der Waals surface area contributed by atoms with Crippen LogP contribution in [0, 0.1) is 0 Å². The predicted molar refractivity (Wildman–Crippen MR) is 87.6 cm³/mol. The molecule has 1 fully saturated rings. The molecule has 0 bridgehead atoms. The summed E-state index contributed by atoms with van der Waals surface area (Å²) in [5, 5.41) is 0. The quantitative estimate of drug-likeness (QED) is 0.743. The van der Waals surface area contributed by atoms with Crippen LogP contribution in [-0.4, -0.2) is 55.8 Å². The minimum Gasteiger partial charge on any atom is -0.497 e. The fourth-order valence-corrected chi connectivity index (χ4v) is 2.87. The Morgan fingerprint density at radius 2 is 1.96 bits per heavy atom. The molecule has 1 saturated heterocycles. The van der Waals surface area contributed by atoms with Crippen molar-refractivity contribution in [2.24, 2.45) is 0 Å². The number of carbonyl (C=O) groups excluding carboxylic acids is 2. The third-order valence-corrected chi connectivity index (χ3v) is 4.18. The fourth-order valence-electron chi connectivity index (χ4n) is 2.47. The largest absolute Gasteiger partial charge is 0.497 e. The van der Waals surface area contributed by atoms with Crippen LogP contribution >= 0.6 is 15.9 Å². The van der Waals surface area contributed by atoms with Crippen molar-refractivity contribution in [1.29, 1.82) is 0 Å². The van der Waals surface area contributed by atoms with Crippen molar-refractivity contribution in [3.63, 3.8) is 0 Å². The molecule has 0 aromatic heterocycles. The molecule has 6 nitrogen and oxygen atoms in total. The Kier molecular flexibility index (Phi) is 6.01. The van der Waals surface area contributed by atoms with Gasteiger partial charge in [-0.05, 0) is 48.0 Å². The van der Waals surface area contributed by atoms with Gasteiger partial charge in [-0.25, -0.2) is 4.79 Å². The van der Waals surface area contributed by atoms with Crippen LogP contribution in [0.4, 0.5) is 0 Å². The monoisotopic (exact) mass is 385 g/mol. The summed E-state index contributed by atoms with van der Waals surface area (Å²) in [7, 11) is 1.52. The average molecular weight is 386 g/mol. The van der Waals surface area contributed by atoms with Gasteiger partial charge in [-0.15, -0.1) is 0 Å². The Balaban J connectivity index is 1.95. The standard InChI is InChI=1S/C16H20BrNO5/c1-10-7-18(8-11(2)23-10)15(19)9-22-16(20)13-6-12(21-3)4-5-14(13)17/h4-6,10-11H,7-9H2,1-3H3/t10-,11-/m0/s1. The van der Waals surface area contributed by atoms with Crippen molar-refractivity contribution in [3.05, 3.63) is 28.2 Å². The van der Waals surface area contributed by atoms with Crippen LogP contribution in [0.25, 0.3) is 0 Å². The third-order valence-electron chi connectivity index (χ3n) is 3.49. The van der Waals surface area contributed by atoms with Gasteiger partial charge in [-0.3, -0.25) is 4.79 Å². The van der Waals surface area contributed by atoms with E-state index in [9.17, 15) is 9.59 Å².